The lowest BCUT2D eigenvalue weighted by atomic mass is 10.2. The van der Waals surface area contributed by atoms with Crippen molar-refractivity contribution in [2.75, 3.05) is 18.9 Å². The van der Waals surface area contributed by atoms with Crippen LogP contribution in [0.2, 0.25) is 0 Å². The standard InChI is InChI=1S/C14H11F2N5O5S/c1-25-12(22)7-4-3-5-8(15)10(7)20-27(23,24)13-18-11-9(16)6-17-14(26-2)21(11)19-13/h3-6,20H,1-2H3. The number of nitrogens with zero attached hydrogens (tertiary/aromatic N) is 4. The molecule has 3 aromatic rings. The summed E-state index contributed by atoms with van der Waals surface area (Å²) in [6.45, 7) is 0. The van der Waals surface area contributed by atoms with E-state index < -0.39 is 44.1 Å². The van der Waals surface area contributed by atoms with E-state index >= 15 is 0 Å². The molecule has 0 aliphatic heterocycles. The highest BCUT2D eigenvalue weighted by Gasteiger charge is 2.27. The van der Waals surface area contributed by atoms with Crippen molar-refractivity contribution in [1.82, 2.24) is 19.6 Å². The van der Waals surface area contributed by atoms with E-state index in [-0.39, 0.29) is 11.6 Å². The molecular formula is C14H11F2N5O5S. The molecule has 0 saturated carbocycles. The quantitative estimate of drug-likeness (QED) is 0.630. The Morgan fingerprint density at radius 2 is 1.96 bits per heavy atom. The minimum absolute atomic E-state index is 0.221. The molecule has 0 aliphatic carbocycles. The van der Waals surface area contributed by atoms with Crippen molar-refractivity contribution in [3.05, 3.63) is 41.6 Å². The van der Waals surface area contributed by atoms with Gasteiger partial charge in [0.1, 0.15) is 5.82 Å². The van der Waals surface area contributed by atoms with Crippen molar-refractivity contribution < 1.29 is 31.5 Å². The summed E-state index contributed by atoms with van der Waals surface area (Å²) in [7, 11) is -2.32. The molecule has 2 heterocycles. The molecule has 27 heavy (non-hydrogen) atoms. The summed E-state index contributed by atoms with van der Waals surface area (Å²) in [6, 6.07) is 3.08. The normalized spacial score (nSPS) is 11.4. The molecule has 0 aliphatic rings. The minimum atomic E-state index is -4.59. The summed E-state index contributed by atoms with van der Waals surface area (Å²) in [4.78, 5) is 18.9. The van der Waals surface area contributed by atoms with Gasteiger partial charge in [-0.3, -0.25) is 4.72 Å². The van der Waals surface area contributed by atoms with Crippen molar-refractivity contribution in [3.63, 3.8) is 0 Å². The lowest BCUT2D eigenvalue weighted by Crippen LogP contribution is -2.18. The molecule has 10 nitrogen and oxygen atoms in total. The first-order valence-corrected chi connectivity index (χ1v) is 8.61. The maximum atomic E-state index is 14.1. The van der Waals surface area contributed by atoms with Gasteiger partial charge in [0.05, 0.1) is 31.7 Å². The number of ether oxygens (including phenoxy) is 2. The highest BCUT2D eigenvalue weighted by molar-refractivity contribution is 7.92. The van der Waals surface area contributed by atoms with Crippen LogP contribution in [-0.4, -0.2) is 48.2 Å². The van der Waals surface area contributed by atoms with E-state index in [1.54, 1.807) is 0 Å². The van der Waals surface area contributed by atoms with E-state index in [0.29, 0.717) is 0 Å². The summed E-state index contributed by atoms with van der Waals surface area (Å²) in [5, 5.41) is 2.74. The molecule has 0 amide bonds. The molecule has 3 rings (SSSR count). The average Bonchev–Trinajstić information content (AvgIpc) is 3.10. The van der Waals surface area contributed by atoms with Gasteiger partial charge in [-0.15, -0.1) is 5.10 Å². The van der Waals surface area contributed by atoms with Gasteiger partial charge in [0.25, 0.3) is 15.2 Å². The van der Waals surface area contributed by atoms with E-state index in [9.17, 15) is 22.0 Å². The predicted octanol–water partition coefficient (Wildman–Crippen LogP) is 0.998. The molecule has 0 radical (unpaired) electrons. The molecule has 0 fully saturated rings. The van der Waals surface area contributed by atoms with Crippen LogP contribution in [-0.2, 0) is 14.8 Å². The second-order valence-electron chi connectivity index (χ2n) is 4.98. The Hall–Kier alpha value is -3.35. The summed E-state index contributed by atoms with van der Waals surface area (Å²) in [5.41, 5.74) is -1.49. The van der Waals surface area contributed by atoms with Crippen LogP contribution in [0.1, 0.15) is 10.4 Å². The number of anilines is 1. The number of para-hydroxylation sites is 1. The van der Waals surface area contributed by atoms with E-state index in [0.717, 1.165) is 30.0 Å². The van der Waals surface area contributed by atoms with E-state index in [1.807, 2.05) is 4.72 Å². The van der Waals surface area contributed by atoms with Gasteiger partial charge in [-0.2, -0.15) is 17.9 Å². The molecule has 0 spiro atoms. The number of halogens is 2. The molecule has 1 N–H and O–H groups in total. The number of sulfonamides is 1. The Balaban J connectivity index is 2.11. The van der Waals surface area contributed by atoms with Gasteiger partial charge in [0.2, 0.25) is 0 Å². The van der Waals surface area contributed by atoms with Gasteiger partial charge in [0.15, 0.2) is 11.5 Å². The van der Waals surface area contributed by atoms with Crippen LogP contribution in [0, 0.1) is 11.6 Å². The summed E-state index contributed by atoms with van der Waals surface area (Å²) >= 11 is 0. The first kappa shape index (κ1) is 18.4. The third-order valence-corrected chi connectivity index (χ3v) is 4.48. The lowest BCUT2D eigenvalue weighted by molar-refractivity contribution is 0.0601. The number of carbonyl (C=O) groups is 1. The first-order valence-electron chi connectivity index (χ1n) is 7.13. The Morgan fingerprint density at radius 3 is 2.63 bits per heavy atom. The van der Waals surface area contributed by atoms with Gasteiger partial charge in [-0.1, -0.05) is 6.07 Å². The van der Waals surface area contributed by atoms with Gasteiger partial charge in [-0.05, 0) is 12.1 Å². The van der Waals surface area contributed by atoms with Gasteiger partial charge < -0.3 is 9.47 Å². The zero-order valence-electron chi connectivity index (χ0n) is 13.8. The fourth-order valence-corrected chi connectivity index (χ4v) is 3.11. The van der Waals surface area contributed by atoms with Crippen LogP contribution in [0.5, 0.6) is 6.01 Å². The predicted molar refractivity (Wildman–Crippen MR) is 85.8 cm³/mol. The summed E-state index contributed by atoms with van der Waals surface area (Å²) in [6.07, 6.45) is 0.777. The van der Waals surface area contributed by atoms with Gasteiger partial charge in [-0.25, -0.2) is 18.6 Å². The third kappa shape index (κ3) is 3.23. The molecule has 2 aromatic heterocycles. The highest BCUT2D eigenvalue weighted by Crippen LogP contribution is 2.24. The number of rotatable bonds is 5. The van der Waals surface area contributed by atoms with Crippen LogP contribution >= 0.6 is 0 Å². The number of nitrogens with one attached hydrogen (secondary N) is 1. The van der Waals surface area contributed by atoms with Crippen LogP contribution in [0.3, 0.4) is 0 Å². The molecular weight excluding hydrogens is 388 g/mol. The number of hydrogen-bond donors (Lipinski definition) is 1. The fourth-order valence-electron chi connectivity index (χ4n) is 2.15. The van der Waals surface area contributed by atoms with Crippen molar-refractivity contribution in [2.45, 2.75) is 5.16 Å². The molecule has 142 valence electrons. The number of esters is 1. The number of aromatic nitrogens is 4. The van der Waals surface area contributed by atoms with Crippen LogP contribution in [0.4, 0.5) is 14.5 Å². The SMILES string of the molecule is COC(=O)c1cccc(F)c1NS(=O)(=O)c1nc2c(F)cnc(OC)n2n1. The number of methoxy groups -OCH3 is 2. The second-order valence-corrected chi connectivity index (χ2v) is 6.56. The molecule has 0 bridgehead atoms. The van der Waals surface area contributed by atoms with Crippen molar-refractivity contribution in [3.8, 4) is 6.01 Å². The lowest BCUT2D eigenvalue weighted by Gasteiger charge is -2.10. The van der Waals surface area contributed by atoms with E-state index in [4.69, 9.17) is 4.74 Å². The van der Waals surface area contributed by atoms with Crippen LogP contribution in [0.15, 0.2) is 29.6 Å². The maximum Gasteiger partial charge on any atom is 0.340 e. The van der Waals surface area contributed by atoms with Crippen LogP contribution < -0.4 is 9.46 Å². The van der Waals surface area contributed by atoms with Crippen molar-refractivity contribution in [2.24, 2.45) is 0 Å². The summed E-state index contributed by atoms with van der Waals surface area (Å²) in [5.74, 6) is -2.95. The molecule has 1 aromatic carbocycles. The Morgan fingerprint density at radius 1 is 1.22 bits per heavy atom. The maximum absolute atomic E-state index is 14.1. The smallest absolute Gasteiger partial charge is 0.340 e. The number of benzene rings is 1. The van der Waals surface area contributed by atoms with Gasteiger partial charge >= 0.3 is 12.0 Å². The monoisotopic (exact) mass is 399 g/mol. The molecule has 0 unspecified atom stereocenters. The highest BCUT2D eigenvalue weighted by atomic mass is 32.2. The average molecular weight is 399 g/mol. The zero-order valence-corrected chi connectivity index (χ0v) is 14.6. The molecule has 0 saturated heterocycles. The topological polar surface area (TPSA) is 125 Å². The molecule has 0 atom stereocenters. The van der Waals surface area contributed by atoms with E-state index in [2.05, 4.69) is 19.8 Å². The molecule has 13 heteroatoms. The van der Waals surface area contributed by atoms with Crippen LogP contribution in [0.25, 0.3) is 5.65 Å². The second kappa shape index (κ2) is 6.75. The third-order valence-electron chi connectivity index (χ3n) is 3.35. The van der Waals surface area contributed by atoms with E-state index in [1.165, 1.54) is 13.2 Å². The number of hydrogen-bond acceptors (Lipinski definition) is 8. The van der Waals surface area contributed by atoms with Crippen molar-refractivity contribution in [1.29, 1.82) is 0 Å². The Kier molecular flexibility index (Phi) is 4.61. The number of fused-ring (bicyclic) bond motifs is 1. The fraction of sp³-hybridized carbons (Fsp3) is 0.143. The zero-order chi connectivity index (χ0) is 19.8. The summed E-state index contributed by atoms with van der Waals surface area (Å²) < 4.78 is 65.0. The minimum Gasteiger partial charge on any atom is -0.467 e. The Bertz CT molecular complexity index is 1150. The Labute approximate surface area is 150 Å². The van der Waals surface area contributed by atoms with Gasteiger partial charge in [0, 0.05) is 0 Å². The number of carbonyl (C=O) groups excluding carboxylic acids is 1. The largest absolute Gasteiger partial charge is 0.467 e. The van der Waals surface area contributed by atoms with Crippen molar-refractivity contribution >= 4 is 27.3 Å². The first-order chi connectivity index (χ1) is 12.8.